The Morgan fingerprint density at radius 3 is 2.44 bits per heavy atom. The molecule has 0 aromatic carbocycles. The molecule has 1 saturated carbocycles. The number of rotatable bonds is 4. The average Bonchev–Trinajstić information content (AvgIpc) is 2.82. The normalized spacial score (nSPS) is 17.8. The molecule has 0 aliphatic heterocycles. The summed E-state index contributed by atoms with van der Waals surface area (Å²) in [6.07, 6.45) is 4.08. The van der Waals surface area contributed by atoms with Crippen LogP contribution in [0.25, 0.3) is 0 Å². The molecular weight excluding hydrogens is 273 g/mol. The fraction of sp³-hybridized carbons (Fsp3) is 0.583. The van der Waals surface area contributed by atoms with E-state index < -0.39 is 0 Å². The fourth-order valence-electron chi connectivity index (χ4n) is 2.36. The highest BCUT2D eigenvalue weighted by Crippen LogP contribution is 2.36. The van der Waals surface area contributed by atoms with Crippen LogP contribution in [0.5, 0.6) is 0 Å². The van der Waals surface area contributed by atoms with Gasteiger partial charge >= 0.3 is 0 Å². The van der Waals surface area contributed by atoms with Gasteiger partial charge in [-0.25, -0.2) is 4.98 Å². The van der Waals surface area contributed by atoms with Crippen LogP contribution in [0, 0.1) is 0 Å². The lowest BCUT2D eigenvalue weighted by atomic mass is 9.99. The Hall–Kier alpha value is -0.710. The number of anilines is 2. The van der Waals surface area contributed by atoms with E-state index in [-0.39, 0.29) is 12.1 Å². The summed E-state index contributed by atoms with van der Waals surface area (Å²) in [4.78, 5) is 4.35. The van der Waals surface area contributed by atoms with Gasteiger partial charge in [-0.2, -0.15) is 0 Å². The molecule has 18 heavy (non-hydrogen) atoms. The molecule has 1 heterocycles. The third kappa shape index (κ3) is 2.66. The molecule has 1 aliphatic carbocycles. The Balaban J connectivity index is 2.27. The molecule has 0 saturated heterocycles. The smallest absolute Gasteiger partial charge is 0.147 e. The van der Waals surface area contributed by atoms with Crippen molar-refractivity contribution < 1.29 is 5.11 Å². The first-order chi connectivity index (χ1) is 8.60. The van der Waals surface area contributed by atoms with E-state index >= 15 is 0 Å². The number of aromatic nitrogens is 1. The standard InChI is InChI=1S/C12H17Cl2N3O/c1-15-10-8(13)6-9(14)11(16-10)17-12(7-18)4-2-3-5-12/h6,18H,2-5,7H2,1H3,(H2,15,16,17). The van der Waals surface area contributed by atoms with Crippen molar-refractivity contribution in [3.63, 3.8) is 0 Å². The Morgan fingerprint density at radius 2 is 1.89 bits per heavy atom. The van der Waals surface area contributed by atoms with E-state index in [4.69, 9.17) is 23.2 Å². The van der Waals surface area contributed by atoms with Gasteiger partial charge in [0.1, 0.15) is 11.6 Å². The summed E-state index contributed by atoms with van der Waals surface area (Å²) >= 11 is 12.1. The van der Waals surface area contributed by atoms with Crippen LogP contribution < -0.4 is 10.6 Å². The lowest BCUT2D eigenvalue weighted by Gasteiger charge is -2.29. The van der Waals surface area contributed by atoms with Gasteiger partial charge in [0.2, 0.25) is 0 Å². The first-order valence-electron chi connectivity index (χ1n) is 6.03. The van der Waals surface area contributed by atoms with Crippen molar-refractivity contribution in [2.24, 2.45) is 0 Å². The Labute approximate surface area is 117 Å². The van der Waals surface area contributed by atoms with Gasteiger partial charge in [-0.15, -0.1) is 0 Å². The number of nitrogens with one attached hydrogen (secondary N) is 2. The molecule has 0 spiro atoms. The zero-order valence-electron chi connectivity index (χ0n) is 10.3. The van der Waals surface area contributed by atoms with E-state index in [2.05, 4.69) is 15.6 Å². The molecule has 0 bridgehead atoms. The molecule has 1 aliphatic rings. The molecule has 1 aromatic heterocycles. The maximum Gasteiger partial charge on any atom is 0.147 e. The molecule has 3 N–H and O–H groups in total. The Kier molecular flexibility index (Phi) is 4.20. The van der Waals surface area contributed by atoms with Crippen LogP contribution in [-0.4, -0.2) is 29.3 Å². The topological polar surface area (TPSA) is 57.2 Å². The highest BCUT2D eigenvalue weighted by atomic mass is 35.5. The number of pyridine rings is 1. The van der Waals surface area contributed by atoms with Gasteiger partial charge in [0, 0.05) is 7.05 Å². The molecule has 4 nitrogen and oxygen atoms in total. The number of aliphatic hydroxyl groups is 1. The molecule has 1 aromatic rings. The first kappa shape index (κ1) is 13.7. The van der Waals surface area contributed by atoms with Crippen LogP contribution >= 0.6 is 23.2 Å². The van der Waals surface area contributed by atoms with Gasteiger partial charge in [-0.05, 0) is 18.9 Å². The fourth-order valence-corrected chi connectivity index (χ4v) is 2.86. The largest absolute Gasteiger partial charge is 0.394 e. The summed E-state index contributed by atoms with van der Waals surface area (Å²) in [6.45, 7) is 0.0858. The van der Waals surface area contributed by atoms with Crippen molar-refractivity contribution in [3.8, 4) is 0 Å². The summed E-state index contributed by atoms with van der Waals surface area (Å²) in [6, 6.07) is 1.66. The molecule has 100 valence electrons. The van der Waals surface area contributed by atoms with Gasteiger partial charge < -0.3 is 15.7 Å². The number of halogens is 2. The Bertz CT molecular complexity index is 434. The van der Waals surface area contributed by atoms with Gasteiger partial charge in [0.25, 0.3) is 0 Å². The molecule has 6 heteroatoms. The minimum atomic E-state index is -0.296. The summed E-state index contributed by atoms with van der Waals surface area (Å²) in [5.41, 5.74) is -0.296. The van der Waals surface area contributed by atoms with Crippen LogP contribution in [-0.2, 0) is 0 Å². The zero-order chi connectivity index (χ0) is 13.2. The van der Waals surface area contributed by atoms with E-state index in [1.165, 1.54) is 0 Å². The lowest BCUT2D eigenvalue weighted by Crippen LogP contribution is -2.39. The van der Waals surface area contributed by atoms with Crippen LogP contribution in [0.15, 0.2) is 6.07 Å². The summed E-state index contributed by atoms with van der Waals surface area (Å²) in [7, 11) is 1.75. The van der Waals surface area contributed by atoms with Crippen LogP contribution in [0.2, 0.25) is 10.0 Å². The van der Waals surface area contributed by atoms with Crippen molar-refractivity contribution >= 4 is 34.8 Å². The lowest BCUT2D eigenvalue weighted by molar-refractivity contribution is 0.214. The van der Waals surface area contributed by atoms with Crippen molar-refractivity contribution in [1.29, 1.82) is 0 Å². The summed E-state index contributed by atoms with van der Waals surface area (Å²) < 4.78 is 0. The van der Waals surface area contributed by atoms with E-state index in [1.807, 2.05) is 0 Å². The monoisotopic (exact) mass is 289 g/mol. The van der Waals surface area contributed by atoms with Crippen molar-refractivity contribution in [1.82, 2.24) is 4.98 Å². The first-order valence-corrected chi connectivity index (χ1v) is 6.79. The Morgan fingerprint density at radius 1 is 1.28 bits per heavy atom. The summed E-state index contributed by atoms with van der Waals surface area (Å²) in [5, 5.41) is 16.7. The number of hydrogen-bond acceptors (Lipinski definition) is 4. The third-order valence-electron chi connectivity index (χ3n) is 3.41. The molecule has 0 amide bonds. The average molecular weight is 290 g/mol. The molecule has 2 rings (SSSR count). The quantitative estimate of drug-likeness (QED) is 0.797. The second-order valence-electron chi connectivity index (χ2n) is 4.67. The van der Waals surface area contributed by atoms with E-state index in [9.17, 15) is 5.11 Å². The number of hydrogen-bond donors (Lipinski definition) is 3. The van der Waals surface area contributed by atoms with Gasteiger partial charge in [0.05, 0.1) is 22.2 Å². The van der Waals surface area contributed by atoms with Crippen molar-refractivity contribution in [3.05, 3.63) is 16.1 Å². The predicted molar refractivity (Wildman–Crippen MR) is 75.7 cm³/mol. The van der Waals surface area contributed by atoms with Crippen LogP contribution in [0.1, 0.15) is 25.7 Å². The molecule has 1 fully saturated rings. The van der Waals surface area contributed by atoms with E-state index in [1.54, 1.807) is 13.1 Å². The number of nitrogens with zero attached hydrogens (tertiary/aromatic N) is 1. The molecule has 0 radical (unpaired) electrons. The van der Waals surface area contributed by atoms with Crippen LogP contribution in [0.3, 0.4) is 0 Å². The minimum absolute atomic E-state index is 0.0858. The molecular formula is C12H17Cl2N3O. The van der Waals surface area contributed by atoms with Crippen LogP contribution in [0.4, 0.5) is 11.6 Å². The zero-order valence-corrected chi connectivity index (χ0v) is 11.8. The highest BCUT2D eigenvalue weighted by Gasteiger charge is 2.34. The van der Waals surface area contributed by atoms with Crippen molar-refractivity contribution in [2.45, 2.75) is 31.2 Å². The highest BCUT2D eigenvalue weighted by molar-refractivity contribution is 6.37. The third-order valence-corrected chi connectivity index (χ3v) is 3.99. The molecule has 0 atom stereocenters. The van der Waals surface area contributed by atoms with E-state index in [0.717, 1.165) is 25.7 Å². The minimum Gasteiger partial charge on any atom is -0.394 e. The van der Waals surface area contributed by atoms with E-state index in [0.29, 0.717) is 21.7 Å². The number of aliphatic hydroxyl groups excluding tert-OH is 1. The summed E-state index contributed by atoms with van der Waals surface area (Å²) in [5.74, 6) is 1.15. The SMILES string of the molecule is CNc1nc(NC2(CO)CCCC2)c(Cl)cc1Cl. The maximum absolute atomic E-state index is 9.57. The van der Waals surface area contributed by atoms with Crippen molar-refractivity contribution in [2.75, 3.05) is 24.3 Å². The predicted octanol–water partition coefficient (Wildman–Crippen LogP) is 3.15. The second-order valence-corrected chi connectivity index (χ2v) is 5.48. The van der Waals surface area contributed by atoms with Gasteiger partial charge in [0.15, 0.2) is 0 Å². The molecule has 0 unspecified atom stereocenters. The maximum atomic E-state index is 9.57. The second kappa shape index (κ2) is 5.51. The van der Waals surface area contributed by atoms with Gasteiger partial charge in [-0.3, -0.25) is 0 Å². The van der Waals surface area contributed by atoms with Gasteiger partial charge in [-0.1, -0.05) is 36.0 Å².